The summed E-state index contributed by atoms with van der Waals surface area (Å²) in [4.78, 5) is 12.0. The monoisotopic (exact) mass is 209 g/mol. The van der Waals surface area contributed by atoms with Crippen molar-refractivity contribution in [1.29, 1.82) is 0 Å². The Balaban J connectivity index is 3.01. The molecule has 0 heterocycles. The number of Topliss-reactive ketones (excluding diaryl/α,β-unsaturated/α-hetero) is 1. The Labute approximate surface area is 89.0 Å². The molecule has 0 aliphatic rings. The standard InChI is InChI=1S/C11H15NO3/c1-14-11(8-12,15-2)10(13)9-6-4-3-5-7-9/h3-7H,8,12H2,1-2H3. The molecule has 0 saturated carbocycles. The third kappa shape index (κ3) is 2.23. The van der Waals surface area contributed by atoms with Crippen molar-refractivity contribution >= 4 is 5.78 Å². The predicted octanol–water partition coefficient (Wildman–Crippen LogP) is 0.817. The lowest BCUT2D eigenvalue weighted by Gasteiger charge is -2.27. The molecule has 15 heavy (non-hydrogen) atoms. The Bertz CT molecular complexity index is 312. The number of ether oxygens (including phenoxy) is 2. The first-order chi connectivity index (χ1) is 7.20. The van der Waals surface area contributed by atoms with Crippen LogP contribution in [0.15, 0.2) is 30.3 Å². The highest BCUT2D eigenvalue weighted by atomic mass is 16.7. The lowest BCUT2D eigenvalue weighted by molar-refractivity contribution is -0.161. The van der Waals surface area contributed by atoms with E-state index < -0.39 is 5.79 Å². The molecule has 0 aliphatic carbocycles. The van der Waals surface area contributed by atoms with Gasteiger partial charge in [-0.15, -0.1) is 0 Å². The van der Waals surface area contributed by atoms with Gasteiger partial charge in [-0.2, -0.15) is 0 Å². The molecule has 0 amide bonds. The fourth-order valence-electron chi connectivity index (χ4n) is 1.34. The van der Waals surface area contributed by atoms with Crippen LogP contribution in [0.4, 0.5) is 0 Å². The Kier molecular flexibility index (Phi) is 3.96. The second-order valence-electron chi connectivity index (χ2n) is 3.06. The van der Waals surface area contributed by atoms with Crippen molar-refractivity contribution in [3.63, 3.8) is 0 Å². The first-order valence-corrected chi connectivity index (χ1v) is 4.60. The topological polar surface area (TPSA) is 61.6 Å². The molecular formula is C11H15NO3. The minimum atomic E-state index is -1.37. The number of nitrogens with two attached hydrogens (primary N) is 1. The van der Waals surface area contributed by atoms with Crippen LogP contribution < -0.4 is 5.73 Å². The average Bonchev–Trinajstić information content (AvgIpc) is 2.33. The van der Waals surface area contributed by atoms with Gasteiger partial charge < -0.3 is 15.2 Å². The maximum Gasteiger partial charge on any atom is 0.245 e. The van der Waals surface area contributed by atoms with Gasteiger partial charge in [0.15, 0.2) is 0 Å². The second kappa shape index (κ2) is 5.02. The summed E-state index contributed by atoms with van der Waals surface area (Å²) in [7, 11) is 2.80. The highest BCUT2D eigenvalue weighted by Gasteiger charge is 2.37. The third-order valence-electron chi connectivity index (χ3n) is 2.31. The summed E-state index contributed by atoms with van der Waals surface area (Å²) in [6, 6.07) is 8.79. The van der Waals surface area contributed by atoms with E-state index in [4.69, 9.17) is 15.2 Å². The van der Waals surface area contributed by atoms with E-state index in [9.17, 15) is 4.79 Å². The zero-order valence-corrected chi connectivity index (χ0v) is 8.90. The van der Waals surface area contributed by atoms with Gasteiger partial charge in [0.05, 0.1) is 6.54 Å². The molecule has 0 aliphatic heterocycles. The summed E-state index contributed by atoms with van der Waals surface area (Å²) >= 11 is 0. The number of ketones is 1. The number of hydrogen-bond acceptors (Lipinski definition) is 4. The molecule has 0 spiro atoms. The summed E-state index contributed by atoms with van der Waals surface area (Å²) in [5.41, 5.74) is 6.02. The normalized spacial score (nSPS) is 11.4. The van der Waals surface area contributed by atoms with Gasteiger partial charge in [0.25, 0.3) is 0 Å². The molecule has 1 aromatic rings. The van der Waals surface area contributed by atoms with Gasteiger partial charge in [-0.1, -0.05) is 30.3 Å². The van der Waals surface area contributed by atoms with Crippen molar-refractivity contribution < 1.29 is 14.3 Å². The number of benzene rings is 1. The van der Waals surface area contributed by atoms with Crippen molar-refractivity contribution in [3.8, 4) is 0 Å². The van der Waals surface area contributed by atoms with Crippen LogP contribution >= 0.6 is 0 Å². The summed E-state index contributed by atoms with van der Waals surface area (Å²) in [6.07, 6.45) is 0. The van der Waals surface area contributed by atoms with Crippen LogP contribution in [0.5, 0.6) is 0 Å². The maximum atomic E-state index is 12.0. The van der Waals surface area contributed by atoms with E-state index in [2.05, 4.69) is 0 Å². The first kappa shape index (κ1) is 11.8. The lowest BCUT2D eigenvalue weighted by Crippen LogP contribution is -2.49. The van der Waals surface area contributed by atoms with Crippen molar-refractivity contribution in [2.45, 2.75) is 5.79 Å². The summed E-state index contributed by atoms with van der Waals surface area (Å²) in [6.45, 7) is -0.0201. The highest BCUT2D eigenvalue weighted by Crippen LogP contribution is 2.17. The van der Waals surface area contributed by atoms with Crippen molar-refractivity contribution in [2.24, 2.45) is 5.73 Å². The summed E-state index contributed by atoms with van der Waals surface area (Å²) in [5, 5.41) is 0. The van der Waals surface area contributed by atoms with Crippen LogP contribution in [0.1, 0.15) is 10.4 Å². The quantitative estimate of drug-likeness (QED) is 0.576. The molecule has 0 bridgehead atoms. The minimum absolute atomic E-state index is 0.0201. The zero-order valence-electron chi connectivity index (χ0n) is 8.90. The van der Waals surface area contributed by atoms with E-state index in [1.807, 2.05) is 6.07 Å². The second-order valence-corrected chi connectivity index (χ2v) is 3.06. The third-order valence-corrected chi connectivity index (χ3v) is 2.31. The maximum absolute atomic E-state index is 12.0. The van der Waals surface area contributed by atoms with E-state index in [0.717, 1.165) is 0 Å². The predicted molar refractivity (Wildman–Crippen MR) is 56.6 cm³/mol. The van der Waals surface area contributed by atoms with Crippen molar-refractivity contribution in [3.05, 3.63) is 35.9 Å². The molecule has 4 nitrogen and oxygen atoms in total. The Hall–Kier alpha value is -1.23. The molecule has 0 radical (unpaired) electrons. The fraction of sp³-hybridized carbons (Fsp3) is 0.364. The van der Waals surface area contributed by atoms with Gasteiger partial charge in [-0.05, 0) is 0 Å². The Morgan fingerprint density at radius 1 is 1.27 bits per heavy atom. The lowest BCUT2D eigenvalue weighted by atomic mass is 10.0. The SMILES string of the molecule is COC(CN)(OC)C(=O)c1ccccc1. The van der Waals surface area contributed by atoms with E-state index in [-0.39, 0.29) is 12.3 Å². The number of rotatable bonds is 5. The van der Waals surface area contributed by atoms with Gasteiger partial charge >= 0.3 is 0 Å². The molecule has 0 saturated heterocycles. The highest BCUT2D eigenvalue weighted by molar-refractivity contribution is 6.01. The molecule has 2 N–H and O–H groups in total. The molecule has 0 fully saturated rings. The molecule has 4 heteroatoms. The van der Waals surface area contributed by atoms with Crippen LogP contribution in [-0.4, -0.2) is 32.3 Å². The van der Waals surface area contributed by atoms with Crippen LogP contribution in [-0.2, 0) is 9.47 Å². The van der Waals surface area contributed by atoms with E-state index in [1.165, 1.54) is 14.2 Å². The van der Waals surface area contributed by atoms with Crippen molar-refractivity contribution in [2.75, 3.05) is 20.8 Å². The number of methoxy groups -OCH3 is 2. The number of carbonyl (C=O) groups is 1. The fourth-order valence-corrected chi connectivity index (χ4v) is 1.34. The van der Waals surface area contributed by atoms with Gasteiger partial charge in [0.2, 0.25) is 11.6 Å². The Morgan fingerprint density at radius 3 is 2.20 bits per heavy atom. The molecule has 1 aromatic carbocycles. The zero-order chi connectivity index (χ0) is 11.3. The van der Waals surface area contributed by atoms with Crippen LogP contribution in [0, 0.1) is 0 Å². The largest absolute Gasteiger partial charge is 0.346 e. The summed E-state index contributed by atoms with van der Waals surface area (Å²) < 4.78 is 10.1. The first-order valence-electron chi connectivity index (χ1n) is 4.60. The van der Waals surface area contributed by atoms with Gasteiger partial charge in [-0.3, -0.25) is 4.79 Å². The smallest absolute Gasteiger partial charge is 0.245 e. The molecule has 0 atom stereocenters. The van der Waals surface area contributed by atoms with E-state index in [0.29, 0.717) is 5.56 Å². The van der Waals surface area contributed by atoms with Crippen molar-refractivity contribution in [1.82, 2.24) is 0 Å². The molecule has 0 aromatic heterocycles. The minimum Gasteiger partial charge on any atom is -0.346 e. The van der Waals surface area contributed by atoms with E-state index >= 15 is 0 Å². The molecule has 82 valence electrons. The number of carbonyl (C=O) groups excluding carboxylic acids is 1. The number of hydrogen-bond donors (Lipinski definition) is 1. The Morgan fingerprint density at radius 2 is 1.80 bits per heavy atom. The van der Waals surface area contributed by atoms with Crippen LogP contribution in [0.3, 0.4) is 0 Å². The van der Waals surface area contributed by atoms with Gasteiger partial charge in [0.1, 0.15) is 0 Å². The summed E-state index contributed by atoms with van der Waals surface area (Å²) in [5.74, 6) is -1.64. The van der Waals surface area contributed by atoms with E-state index in [1.54, 1.807) is 24.3 Å². The van der Waals surface area contributed by atoms with Gasteiger partial charge in [0, 0.05) is 19.8 Å². The van der Waals surface area contributed by atoms with Crippen LogP contribution in [0.2, 0.25) is 0 Å². The van der Waals surface area contributed by atoms with Gasteiger partial charge in [-0.25, -0.2) is 0 Å². The molecule has 0 unspecified atom stereocenters. The van der Waals surface area contributed by atoms with Crippen LogP contribution in [0.25, 0.3) is 0 Å². The molecular weight excluding hydrogens is 194 g/mol. The molecule has 1 rings (SSSR count). The average molecular weight is 209 g/mol.